The Hall–Kier alpha value is -7.36. The number of benzene rings is 8. The van der Waals surface area contributed by atoms with Crippen LogP contribution in [-0.4, -0.2) is 9.97 Å². The number of aromatic nitrogens is 2. The van der Waals surface area contributed by atoms with Gasteiger partial charge in [0.2, 0.25) is 0 Å². The normalized spacial score (nSPS) is 14.5. The summed E-state index contributed by atoms with van der Waals surface area (Å²) in [5.74, 6) is 0.688. The molecule has 0 radical (unpaired) electrons. The van der Waals surface area contributed by atoms with Crippen molar-refractivity contribution < 1.29 is 4.42 Å². The van der Waals surface area contributed by atoms with Crippen molar-refractivity contribution in [1.29, 1.82) is 0 Å². The molecule has 0 N–H and O–H groups in total. The van der Waals surface area contributed by atoms with Gasteiger partial charge >= 0.3 is 0 Å². The Morgan fingerprint density at radius 1 is 0.404 bits per heavy atom. The number of hydrogen-bond donors (Lipinski definition) is 0. The lowest BCUT2D eigenvalue weighted by atomic mass is 9.74. The van der Waals surface area contributed by atoms with Gasteiger partial charge in [0.15, 0.2) is 5.82 Å². The molecular weight excluding hydrogens is 693 g/mol. The lowest BCUT2D eigenvalue weighted by Gasteiger charge is -2.28. The molecule has 0 saturated carbocycles. The van der Waals surface area contributed by atoms with Crippen molar-refractivity contribution in [2.24, 2.45) is 0 Å². The second-order valence-electron chi connectivity index (χ2n) is 15.0. The average molecular weight is 729 g/mol. The highest BCUT2D eigenvalue weighted by Gasteiger charge is 2.41. The summed E-state index contributed by atoms with van der Waals surface area (Å²) in [7, 11) is 0. The molecule has 0 bridgehead atoms. The monoisotopic (exact) mass is 728 g/mol. The maximum Gasteiger partial charge on any atom is 0.160 e. The Kier molecular flexibility index (Phi) is 7.61. The molecule has 10 aromatic rings. The summed E-state index contributed by atoms with van der Waals surface area (Å²) in [4.78, 5) is 10.7. The van der Waals surface area contributed by atoms with Gasteiger partial charge in [0.05, 0.1) is 11.4 Å². The maximum absolute atomic E-state index is 6.56. The van der Waals surface area contributed by atoms with Gasteiger partial charge in [-0.3, -0.25) is 0 Å². The third kappa shape index (κ3) is 5.20. The van der Waals surface area contributed by atoms with E-state index in [4.69, 9.17) is 14.4 Å². The summed E-state index contributed by atoms with van der Waals surface area (Å²) in [6.45, 7) is 2.36. The van der Waals surface area contributed by atoms with Crippen LogP contribution >= 0.6 is 0 Å². The number of nitrogens with zero attached hydrogens (tertiary/aromatic N) is 2. The average Bonchev–Trinajstić information content (AvgIpc) is 3.80. The molecule has 2 heterocycles. The standard InChI is InChI=1S/C54H36N2O/c1-54(36-20-6-3-7-21-36)46-31-14-12-27-44(46)51-45(30-17-32-47(51)54)49-34-48(55-53(56-49)35-18-4-2-5-19-35)40-25-11-10-23-38(40)37-22-8-9-24-39(37)42-28-16-29-43-41-26-13-15-33-50(41)57-52(42)43/h2-34H,1H3. The fourth-order valence-electron chi connectivity index (χ4n) is 9.13. The predicted octanol–water partition coefficient (Wildman–Crippen LogP) is 14.0. The molecule has 0 spiro atoms. The SMILES string of the molecule is CC1(c2ccccc2)c2ccccc2-c2c(-c3cc(-c4ccccc4-c4ccccc4-c4cccc5c4oc4ccccc45)nc(-c4ccccc4)n3)cccc21. The Morgan fingerprint density at radius 2 is 0.912 bits per heavy atom. The molecule has 3 nitrogen and oxygen atoms in total. The van der Waals surface area contributed by atoms with Gasteiger partial charge in [-0.2, -0.15) is 0 Å². The summed E-state index contributed by atoms with van der Waals surface area (Å²) in [6, 6.07) is 70.9. The minimum absolute atomic E-state index is 0.319. The van der Waals surface area contributed by atoms with Gasteiger partial charge in [0.25, 0.3) is 0 Å². The van der Waals surface area contributed by atoms with E-state index < -0.39 is 0 Å². The van der Waals surface area contributed by atoms with Crippen molar-refractivity contribution in [2.45, 2.75) is 12.3 Å². The van der Waals surface area contributed by atoms with E-state index in [0.29, 0.717) is 5.82 Å². The number of rotatable bonds is 6. The molecule has 2 aromatic heterocycles. The van der Waals surface area contributed by atoms with E-state index >= 15 is 0 Å². The Balaban J connectivity index is 1.13. The van der Waals surface area contributed by atoms with Crippen LogP contribution in [0.4, 0.5) is 0 Å². The lowest BCUT2D eigenvalue weighted by Crippen LogP contribution is -2.22. The van der Waals surface area contributed by atoms with Gasteiger partial charge < -0.3 is 4.42 Å². The van der Waals surface area contributed by atoms with Gasteiger partial charge in [-0.05, 0) is 63.6 Å². The highest BCUT2D eigenvalue weighted by molar-refractivity contribution is 6.11. The van der Waals surface area contributed by atoms with E-state index in [1.807, 2.05) is 18.2 Å². The number of furan rings is 1. The van der Waals surface area contributed by atoms with Crippen molar-refractivity contribution in [3.8, 4) is 67.3 Å². The minimum Gasteiger partial charge on any atom is -0.455 e. The summed E-state index contributed by atoms with van der Waals surface area (Å²) >= 11 is 0. The number of para-hydroxylation sites is 2. The van der Waals surface area contributed by atoms with Crippen LogP contribution in [0.15, 0.2) is 205 Å². The van der Waals surface area contributed by atoms with Crippen LogP contribution in [0.1, 0.15) is 23.6 Å². The Bertz CT molecular complexity index is 3140. The molecular formula is C54H36N2O. The van der Waals surface area contributed by atoms with Gasteiger partial charge in [-0.25, -0.2) is 9.97 Å². The molecule has 1 aliphatic carbocycles. The molecule has 0 aliphatic heterocycles. The molecule has 268 valence electrons. The third-order valence-electron chi connectivity index (χ3n) is 11.8. The van der Waals surface area contributed by atoms with Crippen molar-refractivity contribution in [3.63, 3.8) is 0 Å². The topological polar surface area (TPSA) is 38.9 Å². The van der Waals surface area contributed by atoms with Crippen molar-refractivity contribution in [1.82, 2.24) is 9.97 Å². The highest BCUT2D eigenvalue weighted by Crippen LogP contribution is 2.55. The maximum atomic E-state index is 6.56. The second kappa shape index (κ2) is 13.1. The van der Waals surface area contributed by atoms with E-state index in [1.54, 1.807) is 0 Å². The fraction of sp³-hybridized carbons (Fsp3) is 0.0370. The molecule has 1 atom stereocenters. The van der Waals surface area contributed by atoms with E-state index in [0.717, 1.165) is 72.3 Å². The third-order valence-corrected chi connectivity index (χ3v) is 11.8. The molecule has 0 amide bonds. The van der Waals surface area contributed by atoms with E-state index in [-0.39, 0.29) is 5.41 Å². The first kappa shape index (κ1) is 33.0. The first-order chi connectivity index (χ1) is 28.2. The van der Waals surface area contributed by atoms with Crippen LogP contribution in [0.3, 0.4) is 0 Å². The first-order valence-corrected chi connectivity index (χ1v) is 19.5. The summed E-state index contributed by atoms with van der Waals surface area (Å²) in [6.07, 6.45) is 0. The zero-order valence-corrected chi connectivity index (χ0v) is 31.4. The van der Waals surface area contributed by atoms with Crippen molar-refractivity contribution in [2.75, 3.05) is 0 Å². The van der Waals surface area contributed by atoms with Crippen molar-refractivity contribution in [3.05, 3.63) is 217 Å². The van der Waals surface area contributed by atoms with Crippen molar-refractivity contribution >= 4 is 21.9 Å². The zero-order valence-electron chi connectivity index (χ0n) is 31.4. The Morgan fingerprint density at radius 3 is 1.68 bits per heavy atom. The van der Waals surface area contributed by atoms with Crippen LogP contribution in [0, 0.1) is 0 Å². The molecule has 0 saturated heterocycles. The molecule has 3 heteroatoms. The van der Waals surface area contributed by atoms with Gasteiger partial charge in [0, 0.05) is 38.4 Å². The first-order valence-electron chi connectivity index (χ1n) is 19.5. The number of fused-ring (bicyclic) bond motifs is 6. The van der Waals surface area contributed by atoms with Crippen LogP contribution < -0.4 is 0 Å². The molecule has 11 rings (SSSR count). The smallest absolute Gasteiger partial charge is 0.160 e. The van der Waals surface area contributed by atoms with Crippen LogP contribution in [0.5, 0.6) is 0 Å². The van der Waals surface area contributed by atoms with E-state index in [9.17, 15) is 0 Å². The molecule has 0 fully saturated rings. The summed E-state index contributed by atoms with van der Waals surface area (Å²) in [5.41, 5.74) is 17.0. The second-order valence-corrected chi connectivity index (χ2v) is 15.0. The predicted molar refractivity (Wildman–Crippen MR) is 234 cm³/mol. The van der Waals surface area contributed by atoms with Crippen LogP contribution in [0.2, 0.25) is 0 Å². The zero-order chi connectivity index (χ0) is 37.9. The quantitative estimate of drug-likeness (QED) is 0.171. The van der Waals surface area contributed by atoms with Gasteiger partial charge in [-0.15, -0.1) is 0 Å². The van der Waals surface area contributed by atoms with E-state index in [2.05, 4.69) is 189 Å². The fourth-order valence-corrected chi connectivity index (χ4v) is 9.13. The van der Waals surface area contributed by atoms with Gasteiger partial charge in [0.1, 0.15) is 11.2 Å². The largest absolute Gasteiger partial charge is 0.455 e. The van der Waals surface area contributed by atoms with Gasteiger partial charge in [-0.1, -0.05) is 188 Å². The minimum atomic E-state index is -0.319. The molecule has 1 unspecified atom stereocenters. The molecule has 1 aliphatic rings. The molecule has 57 heavy (non-hydrogen) atoms. The van der Waals surface area contributed by atoms with Crippen LogP contribution in [-0.2, 0) is 5.41 Å². The van der Waals surface area contributed by atoms with E-state index in [1.165, 1.54) is 27.8 Å². The highest BCUT2D eigenvalue weighted by atomic mass is 16.3. The van der Waals surface area contributed by atoms with Crippen LogP contribution in [0.25, 0.3) is 89.2 Å². The molecule has 8 aromatic carbocycles. The number of hydrogen-bond acceptors (Lipinski definition) is 3. The summed E-state index contributed by atoms with van der Waals surface area (Å²) < 4.78 is 6.56. The lowest BCUT2D eigenvalue weighted by molar-refractivity contribution is 0.670. The summed E-state index contributed by atoms with van der Waals surface area (Å²) in [5, 5.41) is 2.23. The Labute approximate surface area is 331 Å².